The zero-order valence-electron chi connectivity index (χ0n) is 18.6. The lowest BCUT2D eigenvalue weighted by atomic mass is 9.77. The Hall–Kier alpha value is -0.600. The number of aliphatic hydroxyl groups excluding tert-OH is 2. The summed E-state index contributed by atoms with van der Waals surface area (Å²) in [6.07, 6.45) is 0.333. The van der Waals surface area contributed by atoms with E-state index in [0.717, 1.165) is 35.9 Å². The molecule has 31 heavy (non-hydrogen) atoms. The molecule has 0 amide bonds. The van der Waals surface area contributed by atoms with Crippen molar-refractivity contribution in [3.63, 3.8) is 0 Å². The van der Waals surface area contributed by atoms with Gasteiger partial charge in [0.1, 0.15) is 24.7 Å². The summed E-state index contributed by atoms with van der Waals surface area (Å²) in [5.74, 6) is 1.44. The summed E-state index contributed by atoms with van der Waals surface area (Å²) in [6.45, 7) is 10.7. The summed E-state index contributed by atoms with van der Waals surface area (Å²) in [6, 6.07) is 8.32. The molecule has 0 aliphatic rings. The third-order valence-electron chi connectivity index (χ3n) is 5.45. The molecule has 0 aliphatic heterocycles. The summed E-state index contributed by atoms with van der Waals surface area (Å²) in [5.41, 5.74) is 2.96. The van der Waals surface area contributed by atoms with Crippen LogP contribution in [0.15, 0.2) is 37.7 Å². The number of aryl methyl sites for hydroxylation is 1. The fourth-order valence-electron chi connectivity index (χ4n) is 3.09. The van der Waals surface area contributed by atoms with Crippen LogP contribution >= 0.6 is 47.8 Å². The second-order valence-electron chi connectivity index (χ2n) is 8.24. The van der Waals surface area contributed by atoms with Crippen molar-refractivity contribution in [1.29, 1.82) is 0 Å². The number of benzene rings is 2. The Bertz CT molecular complexity index is 781. The normalized spacial score (nSPS) is 13.7. The van der Waals surface area contributed by atoms with E-state index in [2.05, 4.69) is 85.9 Å². The Morgan fingerprint density at radius 1 is 0.774 bits per heavy atom. The zero-order chi connectivity index (χ0) is 23.3. The number of hydrogen-bond acceptors (Lipinski definition) is 4. The van der Waals surface area contributed by atoms with Crippen molar-refractivity contribution in [2.75, 3.05) is 13.2 Å². The Balaban J connectivity index is 2.34. The third kappa shape index (κ3) is 6.70. The molecule has 2 rings (SSSR count). The summed E-state index contributed by atoms with van der Waals surface area (Å²) in [4.78, 5) is 0. The molecule has 2 aromatic carbocycles. The van der Waals surface area contributed by atoms with E-state index >= 15 is 0 Å². The van der Waals surface area contributed by atoms with Crippen LogP contribution in [0, 0.1) is 6.92 Å². The van der Waals surface area contributed by atoms with Gasteiger partial charge in [-0.3, -0.25) is 0 Å². The lowest BCUT2D eigenvalue weighted by Gasteiger charge is -2.29. The largest absolute Gasteiger partial charge is 0.489 e. The number of rotatable bonds is 10. The van der Waals surface area contributed by atoms with Crippen molar-refractivity contribution < 1.29 is 19.7 Å². The highest BCUT2D eigenvalue weighted by Gasteiger charge is 2.27. The maximum Gasteiger partial charge on any atom is 0.147 e. The highest BCUT2D eigenvalue weighted by molar-refractivity contribution is 9.11. The van der Waals surface area contributed by atoms with E-state index in [1.54, 1.807) is 0 Å². The van der Waals surface area contributed by atoms with Crippen LogP contribution < -0.4 is 9.47 Å². The van der Waals surface area contributed by atoms with Crippen LogP contribution in [-0.2, 0) is 5.41 Å². The third-order valence-corrected chi connectivity index (χ3v) is 7.22. The zero-order valence-corrected chi connectivity index (χ0v) is 23.4. The molecular weight excluding hydrogens is 592 g/mol. The molecule has 0 aliphatic carbocycles. The van der Waals surface area contributed by atoms with Gasteiger partial charge >= 0.3 is 0 Å². The second-order valence-corrected chi connectivity index (χ2v) is 10.8. The number of hydrogen-bond donors (Lipinski definition) is 2. The standard InChI is InChI=1S/C24H31Br3O4/c1-6-17(28)12-30-22-14(3)8-15(9-19(22)25)24(4,5)16-10-20(26)23(21(27)11-16)31-13-18(29)7-2/h8-11,17-18,28-29H,6-7,12-13H2,1-5H3. The van der Waals surface area contributed by atoms with Crippen LogP contribution in [0.3, 0.4) is 0 Å². The summed E-state index contributed by atoms with van der Waals surface area (Å²) in [7, 11) is 0. The second kappa shape index (κ2) is 11.5. The van der Waals surface area contributed by atoms with Gasteiger partial charge < -0.3 is 19.7 Å². The molecule has 2 aromatic rings. The van der Waals surface area contributed by atoms with Gasteiger partial charge in [-0.05, 0) is 102 Å². The lowest BCUT2D eigenvalue weighted by Crippen LogP contribution is -2.21. The molecule has 0 saturated heterocycles. The topological polar surface area (TPSA) is 58.9 Å². The van der Waals surface area contributed by atoms with Gasteiger partial charge in [-0.2, -0.15) is 0 Å². The first kappa shape index (κ1) is 26.7. The van der Waals surface area contributed by atoms with Crippen LogP contribution in [0.2, 0.25) is 0 Å². The van der Waals surface area contributed by atoms with Crippen LogP contribution in [-0.4, -0.2) is 35.6 Å². The minimum absolute atomic E-state index is 0.247. The van der Waals surface area contributed by atoms with Crippen molar-refractivity contribution in [2.24, 2.45) is 0 Å². The molecular formula is C24H31Br3O4. The molecule has 0 bridgehead atoms. The van der Waals surface area contributed by atoms with Crippen molar-refractivity contribution in [1.82, 2.24) is 0 Å². The quantitative estimate of drug-likeness (QED) is 0.302. The van der Waals surface area contributed by atoms with Crippen LogP contribution in [0.5, 0.6) is 11.5 Å². The summed E-state index contributed by atoms with van der Waals surface area (Å²) >= 11 is 10.9. The van der Waals surface area contributed by atoms with Gasteiger partial charge in [0.25, 0.3) is 0 Å². The Morgan fingerprint density at radius 2 is 1.16 bits per heavy atom. The molecule has 4 nitrogen and oxygen atoms in total. The van der Waals surface area contributed by atoms with E-state index in [1.165, 1.54) is 0 Å². The van der Waals surface area contributed by atoms with Crippen molar-refractivity contribution in [3.05, 3.63) is 54.4 Å². The van der Waals surface area contributed by atoms with Crippen molar-refractivity contribution in [2.45, 2.75) is 65.1 Å². The van der Waals surface area contributed by atoms with Gasteiger partial charge in [-0.25, -0.2) is 0 Å². The number of halogens is 3. The maximum absolute atomic E-state index is 9.82. The average Bonchev–Trinajstić information content (AvgIpc) is 2.71. The Labute approximate surface area is 210 Å². The highest BCUT2D eigenvalue weighted by atomic mass is 79.9. The van der Waals surface area contributed by atoms with E-state index in [-0.39, 0.29) is 18.6 Å². The van der Waals surface area contributed by atoms with E-state index in [0.29, 0.717) is 18.6 Å². The Kier molecular flexibility index (Phi) is 9.89. The Morgan fingerprint density at radius 3 is 1.58 bits per heavy atom. The summed E-state index contributed by atoms with van der Waals surface area (Å²) in [5, 5.41) is 19.6. The summed E-state index contributed by atoms with van der Waals surface area (Å²) < 4.78 is 14.2. The van der Waals surface area contributed by atoms with Crippen LogP contribution in [0.4, 0.5) is 0 Å². The molecule has 0 fully saturated rings. The van der Waals surface area contributed by atoms with Crippen LogP contribution in [0.1, 0.15) is 57.2 Å². The van der Waals surface area contributed by atoms with Crippen molar-refractivity contribution >= 4 is 47.8 Å². The van der Waals surface area contributed by atoms with E-state index in [9.17, 15) is 10.2 Å². The van der Waals surface area contributed by atoms with E-state index < -0.39 is 12.2 Å². The van der Waals surface area contributed by atoms with Gasteiger partial charge in [-0.1, -0.05) is 33.8 Å². The van der Waals surface area contributed by atoms with Gasteiger partial charge in [0, 0.05) is 5.41 Å². The van der Waals surface area contributed by atoms with E-state index in [4.69, 9.17) is 9.47 Å². The van der Waals surface area contributed by atoms with Gasteiger partial charge in [-0.15, -0.1) is 0 Å². The monoisotopic (exact) mass is 620 g/mol. The average molecular weight is 623 g/mol. The predicted octanol–water partition coefficient (Wildman–Crippen LogP) is 6.91. The first-order valence-corrected chi connectivity index (χ1v) is 12.8. The fourth-order valence-corrected chi connectivity index (χ4v) is 5.18. The first-order valence-electron chi connectivity index (χ1n) is 10.4. The SMILES string of the molecule is CCC(O)COc1c(C)cc(C(C)(C)c2cc(Br)c(OCC(O)CC)c(Br)c2)cc1Br. The fraction of sp³-hybridized carbons (Fsp3) is 0.500. The lowest BCUT2D eigenvalue weighted by molar-refractivity contribution is 0.103. The molecule has 2 atom stereocenters. The minimum Gasteiger partial charge on any atom is -0.489 e. The molecule has 0 heterocycles. The molecule has 0 radical (unpaired) electrons. The molecule has 0 aromatic heterocycles. The van der Waals surface area contributed by atoms with Gasteiger partial charge in [0.05, 0.1) is 25.6 Å². The maximum atomic E-state index is 9.82. The smallest absolute Gasteiger partial charge is 0.147 e. The van der Waals surface area contributed by atoms with Crippen molar-refractivity contribution in [3.8, 4) is 11.5 Å². The molecule has 0 spiro atoms. The van der Waals surface area contributed by atoms with Gasteiger partial charge in [0.15, 0.2) is 0 Å². The first-order chi connectivity index (χ1) is 14.5. The predicted molar refractivity (Wildman–Crippen MR) is 136 cm³/mol. The molecule has 2 N–H and O–H groups in total. The molecule has 7 heteroatoms. The minimum atomic E-state index is -0.491. The number of ether oxygens (including phenoxy) is 2. The van der Waals surface area contributed by atoms with Crippen LogP contribution in [0.25, 0.3) is 0 Å². The number of aliphatic hydroxyl groups is 2. The van der Waals surface area contributed by atoms with E-state index in [1.807, 2.05) is 20.8 Å². The molecule has 0 saturated carbocycles. The molecule has 2 unspecified atom stereocenters. The highest BCUT2D eigenvalue weighted by Crippen LogP contribution is 2.43. The van der Waals surface area contributed by atoms with Gasteiger partial charge in [0.2, 0.25) is 0 Å². The molecule has 172 valence electrons.